The Kier molecular flexibility index (Phi) is 5.53. The number of nitrogens with zero attached hydrogens (tertiary/aromatic N) is 4. The van der Waals surface area contributed by atoms with Crippen molar-refractivity contribution in [3.8, 4) is 11.4 Å². The fourth-order valence-corrected chi connectivity index (χ4v) is 3.36. The second kappa shape index (κ2) is 8.43. The van der Waals surface area contributed by atoms with Crippen LogP contribution >= 0.6 is 0 Å². The average Bonchev–Trinajstić information content (AvgIpc) is 3.21. The zero-order valence-electron chi connectivity index (χ0n) is 17.4. The number of nitrogens with one attached hydrogen (secondary N) is 1. The number of imidazole rings is 1. The highest BCUT2D eigenvalue weighted by atomic mass is 19.1. The molecule has 0 radical (unpaired) electrons. The van der Waals surface area contributed by atoms with Gasteiger partial charge in [0.1, 0.15) is 17.3 Å². The number of halogens is 1. The predicted octanol–water partition coefficient (Wildman–Crippen LogP) is 4.24. The number of aromatic nitrogens is 4. The fourth-order valence-electron chi connectivity index (χ4n) is 3.36. The Morgan fingerprint density at radius 1 is 1.13 bits per heavy atom. The molecule has 7 nitrogen and oxygen atoms in total. The average molecular weight is 419 g/mol. The van der Waals surface area contributed by atoms with Gasteiger partial charge >= 0.3 is 0 Å². The summed E-state index contributed by atoms with van der Waals surface area (Å²) in [4.78, 5) is 17.3. The second-order valence-corrected chi connectivity index (χ2v) is 7.16. The molecule has 2 heterocycles. The maximum Gasteiger partial charge on any atom is 0.290 e. The Balaban J connectivity index is 1.63. The molecule has 31 heavy (non-hydrogen) atoms. The summed E-state index contributed by atoms with van der Waals surface area (Å²) < 4.78 is 22.0. The van der Waals surface area contributed by atoms with Gasteiger partial charge in [0, 0.05) is 24.1 Å². The zero-order valence-corrected chi connectivity index (χ0v) is 17.4. The highest BCUT2D eigenvalue weighted by Gasteiger charge is 2.14. The molecule has 0 saturated heterocycles. The maximum atomic E-state index is 13.2. The van der Waals surface area contributed by atoms with Crippen molar-refractivity contribution in [2.45, 2.75) is 19.9 Å². The van der Waals surface area contributed by atoms with Crippen LogP contribution in [0.4, 0.5) is 15.8 Å². The lowest BCUT2D eigenvalue weighted by Gasteiger charge is -2.16. The lowest BCUT2D eigenvalue weighted by atomic mass is 10.1. The molecule has 1 atom stereocenters. The van der Waals surface area contributed by atoms with Gasteiger partial charge in [-0.05, 0) is 49.7 Å². The Morgan fingerprint density at radius 2 is 1.90 bits per heavy atom. The summed E-state index contributed by atoms with van der Waals surface area (Å²) in [5, 5.41) is 7.35. The van der Waals surface area contributed by atoms with Crippen LogP contribution in [0.25, 0.3) is 5.69 Å². The molecule has 158 valence electrons. The van der Waals surface area contributed by atoms with E-state index in [2.05, 4.69) is 15.4 Å². The van der Waals surface area contributed by atoms with Crippen LogP contribution in [0.3, 0.4) is 0 Å². The lowest BCUT2D eigenvalue weighted by Crippen LogP contribution is -2.27. The Labute approximate surface area is 178 Å². The third-order valence-electron chi connectivity index (χ3n) is 5.04. The van der Waals surface area contributed by atoms with Crippen molar-refractivity contribution in [2.24, 2.45) is 0 Å². The molecule has 0 amide bonds. The summed E-state index contributed by atoms with van der Waals surface area (Å²) in [7, 11) is 1.59. The van der Waals surface area contributed by atoms with E-state index < -0.39 is 0 Å². The highest BCUT2D eigenvalue weighted by Crippen LogP contribution is 2.28. The van der Waals surface area contributed by atoms with Gasteiger partial charge in [-0.25, -0.2) is 14.1 Å². The van der Waals surface area contributed by atoms with Crippen LogP contribution in [0.2, 0.25) is 0 Å². The van der Waals surface area contributed by atoms with Crippen LogP contribution in [0.1, 0.15) is 24.2 Å². The molecule has 0 aliphatic heterocycles. The topological polar surface area (TPSA) is 74.0 Å². The monoisotopic (exact) mass is 419 g/mol. The zero-order chi connectivity index (χ0) is 22.0. The van der Waals surface area contributed by atoms with Crippen molar-refractivity contribution in [2.75, 3.05) is 12.4 Å². The van der Waals surface area contributed by atoms with E-state index in [0.29, 0.717) is 17.1 Å². The minimum Gasteiger partial charge on any atom is -0.494 e. The Bertz CT molecular complexity index is 1260. The van der Waals surface area contributed by atoms with Crippen molar-refractivity contribution in [3.63, 3.8) is 0 Å². The number of hydrogen-bond acceptors (Lipinski definition) is 5. The first-order valence-corrected chi connectivity index (χ1v) is 9.75. The van der Waals surface area contributed by atoms with Gasteiger partial charge in [-0.15, -0.1) is 0 Å². The first-order chi connectivity index (χ1) is 15.0. The quantitative estimate of drug-likeness (QED) is 0.506. The van der Waals surface area contributed by atoms with Crippen molar-refractivity contribution >= 4 is 11.4 Å². The molecule has 4 rings (SSSR count). The summed E-state index contributed by atoms with van der Waals surface area (Å²) in [5.41, 5.74) is 3.31. The van der Waals surface area contributed by atoms with E-state index >= 15 is 0 Å². The molecule has 0 aliphatic carbocycles. The Hall–Kier alpha value is -3.94. The largest absolute Gasteiger partial charge is 0.494 e. The van der Waals surface area contributed by atoms with Crippen molar-refractivity contribution in [1.29, 1.82) is 0 Å². The van der Waals surface area contributed by atoms with Gasteiger partial charge in [0.25, 0.3) is 5.56 Å². The molecule has 8 heteroatoms. The number of anilines is 2. The Morgan fingerprint density at radius 3 is 2.58 bits per heavy atom. The third kappa shape index (κ3) is 4.18. The summed E-state index contributed by atoms with van der Waals surface area (Å²) in [6.45, 7) is 3.76. The molecular weight excluding hydrogens is 397 g/mol. The minimum absolute atomic E-state index is 0.285. The normalized spacial score (nSPS) is 11.9. The molecule has 2 aromatic carbocycles. The van der Waals surface area contributed by atoms with Crippen LogP contribution in [0, 0.1) is 12.7 Å². The molecule has 4 aromatic rings. The molecular formula is C23H22FN5O2. The number of benzene rings is 2. The van der Waals surface area contributed by atoms with E-state index in [-0.39, 0.29) is 17.4 Å². The molecule has 0 spiro atoms. The van der Waals surface area contributed by atoms with Crippen LogP contribution in [-0.4, -0.2) is 26.4 Å². The van der Waals surface area contributed by atoms with E-state index in [9.17, 15) is 9.18 Å². The van der Waals surface area contributed by atoms with E-state index in [1.54, 1.807) is 37.8 Å². The maximum absolute atomic E-state index is 13.2. The molecule has 1 unspecified atom stereocenters. The van der Waals surface area contributed by atoms with Crippen LogP contribution in [-0.2, 0) is 0 Å². The van der Waals surface area contributed by atoms with Gasteiger partial charge < -0.3 is 14.6 Å². The fraction of sp³-hybridized carbons (Fsp3) is 0.174. The third-order valence-corrected chi connectivity index (χ3v) is 5.04. The van der Waals surface area contributed by atoms with Crippen LogP contribution in [0.5, 0.6) is 5.75 Å². The molecule has 0 aliphatic rings. The van der Waals surface area contributed by atoms with Crippen molar-refractivity contribution < 1.29 is 9.13 Å². The molecule has 0 fully saturated rings. The van der Waals surface area contributed by atoms with Gasteiger partial charge in [-0.2, -0.15) is 5.10 Å². The molecule has 1 N–H and O–H groups in total. The first-order valence-electron chi connectivity index (χ1n) is 9.75. The van der Waals surface area contributed by atoms with Gasteiger partial charge in [-0.3, -0.25) is 4.79 Å². The number of hydrogen-bond donors (Lipinski definition) is 1. The summed E-state index contributed by atoms with van der Waals surface area (Å²) in [6.07, 6.45) is 5.19. The molecule has 2 aromatic heterocycles. The first kappa shape index (κ1) is 20.3. The highest BCUT2D eigenvalue weighted by molar-refractivity contribution is 5.64. The minimum atomic E-state index is -0.351. The van der Waals surface area contributed by atoms with E-state index in [4.69, 9.17) is 4.74 Å². The predicted molar refractivity (Wildman–Crippen MR) is 117 cm³/mol. The number of methoxy groups -OCH3 is 1. The number of aryl methyl sites for hydroxylation is 1. The number of rotatable bonds is 6. The standard InChI is InChI=1S/C23H22FN5O2/c1-15-13-28(14-25-15)21-9-8-19(12-22(21)31-3)27-20-10-11-26-29(23(20)30)16(2)17-4-6-18(24)7-5-17/h4-14,16,27H,1-3H3. The van der Waals surface area contributed by atoms with E-state index in [1.807, 2.05) is 42.8 Å². The van der Waals surface area contributed by atoms with E-state index in [0.717, 1.165) is 16.9 Å². The summed E-state index contributed by atoms with van der Waals surface area (Å²) in [5.74, 6) is 0.311. The van der Waals surface area contributed by atoms with Gasteiger partial charge in [0.2, 0.25) is 0 Å². The van der Waals surface area contributed by atoms with Crippen molar-refractivity contribution in [3.05, 3.63) is 94.7 Å². The summed E-state index contributed by atoms with van der Waals surface area (Å²) >= 11 is 0. The van der Waals surface area contributed by atoms with Crippen molar-refractivity contribution in [1.82, 2.24) is 19.3 Å². The smallest absolute Gasteiger partial charge is 0.290 e. The lowest BCUT2D eigenvalue weighted by molar-refractivity contribution is 0.413. The van der Waals surface area contributed by atoms with Gasteiger partial charge in [0.05, 0.1) is 30.9 Å². The molecule has 0 bridgehead atoms. The number of ether oxygens (including phenoxy) is 1. The van der Waals surface area contributed by atoms with E-state index in [1.165, 1.54) is 16.8 Å². The summed E-state index contributed by atoms with van der Waals surface area (Å²) in [6, 6.07) is 12.9. The van der Waals surface area contributed by atoms with Gasteiger partial charge in [0.15, 0.2) is 0 Å². The second-order valence-electron chi connectivity index (χ2n) is 7.16. The van der Waals surface area contributed by atoms with Gasteiger partial charge in [-0.1, -0.05) is 12.1 Å². The van der Waals surface area contributed by atoms with Crippen LogP contribution in [0.15, 0.2) is 72.0 Å². The molecule has 0 saturated carbocycles. The SMILES string of the molecule is COc1cc(Nc2ccnn(C(C)c3ccc(F)cc3)c2=O)ccc1-n1cnc(C)c1. The van der Waals surface area contributed by atoms with Crippen LogP contribution < -0.4 is 15.6 Å².